The lowest BCUT2D eigenvalue weighted by molar-refractivity contribution is 0.192. The lowest BCUT2D eigenvalue weighted by atomic mass is 9.95. The zero-order valence-electron chi connectivity index (χ0n) is 10.2. The Labute approximate surface area is 108 Å². The molecular formula is C12H13F2N3O2. The van der Waals surface area contributed by atoms with Gasteiger partial charge in [0, 0.05) is 12.5 Å². The molecule has 1 aromatic carbocycles. The van der Waals surface area contributed by atoms with Gasteiger partial charge in [-0.05, 0) is 23.6 Å². The highest BCUT2D eigenvalue weighted by Gasteiger charge is 2.28. The third-order valence-corrected chi connectivity index (χ3v) is 2.89. The minimum atomic E-state index is -1.23. The number of hydrazine groups is 1. The van der Waals surface area contributed by atoms with Gasteiger partial charge in [-0.3, -0.25) is 10.4 Å². The van der Waals surface area contributed by atoms with Crippen molar-refractivity contribution in [2.45, 2.75) is 19.4 Å². The van der Waals surface area contributed by atoms with Crippen LogP contribution in [-0.2, 0) is 0 Å². The second-order valence-corrected chi connectivity index (χ2v) is 4.46. The van der Waals surface area contributed by atoms with Crippen molar-refractivity contribution in [1.82, 2.24) is 10.9 Å². The first-order chi connectivity index (χ1) is 8.95. The van der Waals surface area contributed by atoms with E-state index in [-0.39, 0.29) is 12.0 Å². The lowest BCUT2D eigenvalue weighted by Gasteiger charge is -2.13. The fraction of sp³-hybridized carbons (Fsp3) is 0.333. The van der Waals surface area contributed by atoms with E-state index in [0.29, 0.717) is 17.8 Å². The van der Waals surface area contributed by atoms with Crippen molar-refractivity contribution < 1.29 is 18.7 Å². The number of carbonyl (C=O) groups is 1. The fourth-order valence-corrected chi connectivity index (χ4v) is 2.12. The number of hydrogen-bond acceptors (Lipinski definition) is 3. The highest BCUT2D eigenvalue weighted by atomic mass is 19.1. The number of amides is 1. The SMILES string of the molecule is CC1CC(NNC(=O)O)=NC1c1cc(F)cc(F)c1. The minimum Gasteiger partial charge on any atom is -0.464 e. The molecule has 3 N–H and O–H groups in total. The summed E-state index contributed by atoms with van der Waals surface area (Å²) in [5, 5.41) is 8.47. The number of rotatable bonds is 1. The maximum Gasteiger partial charge on any atom is 0.423 e. The van der Waals surface area contributed by atoms with Crippen molar-refractivity contribution in [2.75, 3.05) is 0 Å². The average molecular weight is 269 g/mol. The molecule has 102 valence electrons. The van der Waals surface area contributed by atoms with Gasteiger partial charge in [-0.1, -0.05) is 6.92 Å². The number of amidine groups is 1. The van der Waals surface area contributed by atoms with E-state index in [0.717, 1.165) is 6.07 Å². The molecule has 1 heterocycles. The number of halogens is 2. The largest absolute Gasteiger partial charge is 0.464 e. The molecule has 1 aliphatic heterocycles. The van der Waals surface area contributed by atoms with Gasteiger partial charge in [0.25, 0.3) is 0 Å². The summed E-state index contributed by atoms with van der Waals surface area (Å²) in [5.41, 5.74) is 4.89. The second-order valence-electron chi connectivity index (χ2n) is 4.46. The molecule has 0 saturated heterocycles. The van der Waals surface area contributed by atoms with E-state index in [1.165, 1.54) is 12.1 Å². The molecule has 0 spiro atoms. The maximum absolute atomic E-state index is 13.2. The summed E-state index contributed by atoms with van der Waals surface area (Å²) in [5.74, 6) is -0.825. The Morgan fingerprint density at radius 2 is 2.00 bits per heavy atom. The van der Waals surface area contributed by atoms with Crippen LogP contribution in [0.2, 0.25) is 0 Å². The first-order valence-electron chi connectivity index (χ1n) is 5.73. The van der Waals surface area contributed by atoms with Crippen LogP contribution in [0, 0.1) is 17.6 Å². The Balaban J connectivity index is 2.17. The number of nitrogens with zero attached hydrogens (tertiary/aromatic N) is 1. The van der Waals surface area contributed by atoms with Crippen molar-refractivity contribution in [1.29, 1.82) is 0 Å². The summed E-state index contributed by atoms with van der Waals surface area (Å²) in [6.45, 7) is 1.88. The highest BCUT2D eigenvalue weighted by molar-refractivity contribution is 5.85. The van der Waals surface area contributed by atoms with E-state index >= 15 is 0 Å². The monoisotopic (exact) mass is 269 g/mol. The molecule has 5 nitrogen and oxygen atoms in total. The first-order valence-corrected chi connectivity index (χ1v) is 5.73. The Morgan fingerprint density at radius 1 is 1.37 bits per heavy atom. The Hall–Kier alpha value is -2.18. The highest BCUT2D eigenvalue weighted by Crippen LogP contribution is 2.34. The van der Waals surface area contributed by atoms with Crippen molar-refractivity contribution in [2.24, 2.45) is 10.9 Å². The van der Waals surface area contributed by atoms with Crippen LogP contribution in [0.5, 0.6) is 0 Å². The van der Waals surface area contributed by atoms with Crippen LogP contribution in [0.15, 0.2) is 23.2 Å². The van der Waals surface area contributed by atoms with Gasteiger partial charge in [-0.2, -0.15) is 0 Å². The zero-order chi connectivity index (χ0) is 14.0. The molecule has 0 radical (unpaired) electrons. The molecule has 0 fully saturated rings. The topological polar surface area (TPSA) is 73.7 Å². The summed E-state index contributed by atoms with van der Waals surface area (Å²) in [7, 11) is 0. The molecule has 0 aromatic heterocycles. The molecule has 1 aromatic rings. The maximum atomic E-state index is 13.2. The summed E-state index contributed by atoms with van der Waals surface area (Å²) in [6, 6.07) is 2.89. The third kappa shape index (κ3) is 3.18. The van der Waals surface area contributed by atoms with Crippen LogP contribution in [0.3, 0.4) is 0 Å². The van der Waals surface area contributed by atoms with E-state index in [4.69, 9.17) is 5.11 Å². The first kappa shape index (κ1) is 13.3. The number of nitrogens with one attached hydrogen (secondary N) is 2. The molecule has 2 atom stereocenters. The van der Waals surface area contributed by atoms with Crippen LogP contribution in [0.4, 0.5) is 13.6 Å². The molecule has 2 unspecified atom stereocenters. The molecular weight excluding hydrogens is 256 g/mol. The predicted molar refractivity (Wildman–Crippen MR) is 64.6 cm³/mol. The minimum absolute atomic E-state index is 0.0271. The molecule has 19 heavy (non-hydrogen) atoms. The summed E-state index contributed by atoms with van der Waals surface area (Å²) < 4.78 is 26.3. The average Bonchev–Trinajstić information content (AvgIpc) is 2.66. The second kappa shape index (κ2) is 5.21. The Bertz CT molecular complexity index is 513. The molecule has 0 saturated carbocycles. The smallest absolute Gasteiger partial charge is 0.423 e. The van der Waals surface area contributed by atoms with Crippen molar-refractivity contribution >= 4 is 11.9 Å². The Kier molecular flexibility index (Phi) is 3.64. The fourth-order valence-electron chi connectivity index (χ4n) is 2.12. The summed E-state index contributed by atoms with van der Waals surface area (Å²) >= 11 is 0. The molecule has 1 amide bonds. The van der Waals surface area contributed by atoms with Gasteiger partial charge >= 0.3 is 6.09 Å². The quantitative estimate of drug-likeness (QED) is 0.684. The van der Waals surface area contributed by atoms with Crippen LogP contribution < -0.4 is 10.9 Å². The van der Waals surface area contributed by atoms with Gasteiger partial charge in [0.05, 0.1) is 6.04 Å². The number of benzene rings is 1. The van der Waals surface area contributed by atoms with E-state index in [2.05, 4.69) is 10.4 Å². The normalized spacial score (nSPS) is 21.9. The van der Waals surface area contributed by atoms with Crippen LogP contribution in [-0.4, -0.2) is 17.0 Å². The molecule has 7 heteroatoms. The summed E-state index contributed by atoms with van der Waals surface area (Å²) in [4.78, 5) is 14.6. The van der Waals surface area contributed by atoms with Gasteiger partial charge in [0.1, 0.15) is 17.5 Å². The third-order valence-electron chi connectivity index (χ3n) is 2.89. The van der Waals surface area contributed by atoms with E-state index in [9.17, 15) is 13.6 Å². The summed E-state index contributed by atoms with van der Waals surface area (Å²) in [6.07, 6.45) is -0.723. The van der Waals surface area contributed by atoms with Gasteiger partial charge in [-0.25, -0.2) is 19.0 Å². The standard InChI is InChI=1S/C12H13F2N3O2/c1-6-2-10(16-17-12(18)19)15-11(6)7-3-8(13)5-9(14)4-7/h3-6,11,17H,2H2,1H3,(H,15,16)(H,18,19). The van der Waals surface area contributed by atoms with Gasteiger partial charge in [0.2, 0.25) is 0 Å². The molecule has 2 rings (SSSR count). The molecule has 0 aliphatic carbocycles. The number of aliphatic imine (C=N–C) groups is 1. The van der Waals surface area contributed by atoms with Crippen molar-refractivity contribution in [3.05, 3.63) is 35.4 Å². The van der Waals surface area contributed by atoms with Crippen molar-refractivity contribution in [3.63, 3.8) is 0 Å². The lowest BCUT2D eigenvalue weighted by Crippen LogP contribution is -2.40. The Morgan fingerprint density at radius 3 is 2.58 bits per heavy atom. The predicted octanol–water partition coefficient (Wildman–Crippen LogP) is 2.22. The zero-order valence-corrected chi connectivity index (χ0v) is 10.2. The van der Waals surface area contributed by atoms with Crippen LogP contribution in [0.25, 0.3) is 0 Å². The number of hydrogen-bond donors (Lipinski definition) is 3. The van der Waals surface area contributed by atoms with E-state index in [1.807, 2.05) is 12.3 Å². The van der Waals surface area contributed by atoms with Gasteiger partial charge < -0.3 is 5.11 Å². The number of carboxylic acid groups (broad SMARTS) is 1. The van der Waals surface area contributed by atoms with E-state index < -0.39 is 17.7 Å². The molecule has 0 bridgehead atoms. The van der Waals surface area contributed by atoms with Crippen molar-refractivity contribution in [3.8, 4) is 0 Å². The van der Waals surface area contributed by atoms with E-state index in [1.54, 1.807) is 0 Å². The van der Waals surface area contributed by atoms with Crippen LogP contribution >= 0.6 is 0 Å². The van der Waals surface area contributed by atoms with Gasteiger partial charge in [-0.15, -0.1) is 0 Å². The molecule has 1 aliphatic rings. The van der Waals surface area contributed by atoms with Gasteiger partial charge in [0.15, 0.2) is 0 Å². The van der Waals surface area contributed by atoms with Crippen LogP contribution in [0.1, 0.15) is 24.9 Å².